The van der Waals surface area contributed by atoms with Crippen molar-refractivity contribution in [2.45, 2.75) is 12.5 Å². The monoisotopic (exact) mass is 355 g/mol. The van der Waals surface area contributed by atoms with Crippen molar-refractivity contribution in [3.63, 3.8) is 0 Å². The summed E-state index contributed by atoms with van der Waals surface area (Å²) in [7, 11) is 0. The summed E-state index contributed by atoms with van der Waals surface area (Å²) in [5.41, 5.74) is 2.94. The predicted octanol–water partition coefficient (Wildman–Crippen LogP) is 3.31. The van der Waals surface area contributed by atoms with E-state index < -0.39 is 0 Å². The molecule has 0 saturated carbocycles. The van der Waals surface area contributed by atoms with E-state index in [0.29, 0.717) is 23.8 Å². The van der Waals surface area contributed by atoms with Gasteiger partial charge in [0.15, 0.2) is 0 Å². The molecule has 0 aliphatic carbocycles. The first-order valence-corrected chi connectivity index (χ1v) is 8.69. The number of fused-ring (bicyclic) bond motifs is 3. The van der Waals surface area contributed by atoms with Gasteiger partial charge < -0.3 is 15.1 Å². The van der Waals surface area contributed by atoms with Crippen molar-refractivity contribution in [1.29, 1.82) is 0 Å². The van der Waals surface area contributed by atoms with Gasteiger partial charge in [0.1, 0.15) is 6.54 Å². The summed E-state index contributed by atoms with van der Waals surface area (Å²) >= 11 is 6.11. The second-order valence-electron chi connectivity index (χ2n) is 6.34. The molecule has 128 valence electrons. The first kappa shape index (κ1) is 16.0. The van der Waals surface area contributed by atoms with Crippen LogP contribution in [0.15, 0.2) is 48.5 Å². The van der Waals surface area contributed by atoms with Crippen LogP contribution in [0.3, 0.4) is 0 Å². The molecule has 0 spiro atoms. The third-order valence-electron chi connectivity index (χ3n) is 4.85. The molecule has 2 aromatic carbocycles. The molecule has 1 atom stereocenters. The number of nitrogens with one attached hydrogen (secondary N) is 1. The SMILES string of the molecule is O=C(Nc1ccccc1Cl)N1CC(=O)N2CCc3ccccc3C2C1. The van der Waals surface area contributed by atoms with Crippen LogP contribution in [0.4, 0.5) is 10.5 Å². The summed E-state index contributed by atoms with van der Waals surface area (Å²) in [5.74, 6) is -0.0138. The fraction of sp³-hybridized carbons (Fsp3) is 0.263. The number of rotatable bonds is 1. The highest BCUT2D eigenvalue weighted by Crippen LogP contribution is 2.33. The first-order chi connectivity index (χ1) is 12.1. The van der Waals surface area contributed by atoms with Gasteiger partial charge in [0.2, 0.25) is 5.91 Å². The van der Waals surface area contributed by atoms with Crippen LogP contribution in [0.2, 0.25) is 5.02 Å². The molecule has 0 bridgehead atoms. The van der Waals surface area contributed by atoms with E-state index in [-0.39, 0.29) is 24.5 Å². The molecular weight excluding hydrogens is 338 g/mol. The molecule has 1 saturated heterocycles. The Morgan fingerprint density at radius 2 is 1.88 bits per heavy atom. The van der Waals surface area contributed by atoms with Gasteiger partial charge in [-0.3, -0.25) is 4.79 Å². The molecule has 1 unspecified atom stereocenters. The maximum Gasteiger partial charge on any atom is 0.322 e. The maximum atomic E-state index is 12.6. The summed E-state index contributed by atoms with van der Waals surface area (Å²) in [6.07, 6.45) is 0.865. The Hall–Kier alpha value is -2.53. The van der Waals surface area contributed by atoms with E-state index >= 15 is 0 Å². The molecule has 1 fully saturated rings. The lowest BCUT2D eigenvalue weighted by molar-refractivity contribution is -0.139. The van der Waals surface area contributed by atoms with Gasteiger partial charge in [0.05, 0.1) is 16.8 Å². The van der Waals surface area contributed by atoms with E-state index in [1.807, 2.05) is 23.1 Å². The molecule has 2 aromatic rings. The number of benzene rings is 2. The number of halogens is 1. The van der Waals surface area contributed by atoms with Crippen molar-refractivity contribution in [3.8, 4) is 0 Å². The van der Waals surface area contributed by atoms with Crippen molar-refractivity contribution in [1.82, 2.24) is 9.80 Å². The van der Waals surface area contributed by atoms with Crippen LogP contribution in [0.25, 0.3) is 0 Å². The number of nitrogens with zero attached hydrogens (tertiary/aromatic N) is 2. The molecule has 0 radical (unpaired) electrons. The predicted molar refractivity (Wildman–Crippen MR) is 96.6 cm³/mol. The van der Waals surface area contributed by atoms with Crippen LogP contribution in [-0.4, -0.2) is 41.4 Å². The number of amides is 3. The van der Waals surface area contributed by atoms with Crippen molar-refractivity contribution >= 4 is 29.2 Å². The summed E-state index contributed by atoms with van der Waals surface area (Å²) in [5, 5.41) is 3.28. The number of carbonyl (C=O) groups excluding carboxylic acids is 2. The molecule has 2 aliphatic rings. The average molecular weight is 356 g/mol. The summed E-state index contributed by atoms with van der Waals surface area (Å²) in [6.45, 7) is 1.29. The van der Waals surface area contributed by atoms with Gasteiger partial charge in [-0.1, -0.05) is 48.0 Å². The fourth-order valence-electron chi connectivity index (χ4n) is 3.59. The molecule has 2 aliphatic heterocycles. The zero-order chi connectivity index (χ0) is 17.4. The van der Waals surface area contributed by atoms with Crippen molar-refractivity contribution in [2.24, 2.45) is 0 Å². The van der Waals surface area contributed by atoms with Gasteiger partial charge in [-0.05, 0) is 29.7 Å². The molecular formula is C19H18ClN3O2. The minimum Gasteiger partial charge on any atom is -0.332 e. The van der Waals surface area contributed by atoms with Crippen molar-refractivity contribution < 1.29 is 9.59 Å². The van der Waals surface area contributed by atoms with Crippen LogP contribution in [0.5, 0.6) is 0 Å². The Morgan fingerprint density at radius 1 is 1.12 bits per heavy atom. The van der Waals surface area contributed by atoms with E-state index in [1.54, 1.807) is 23.1 Å². The topological polar surface area (TPSA) is 52.7 Å². The van der Waals surface area contributed by atoms with Crippen LogP contribution in [-0.2, 0) is 11.2 Å². The summed E-state index contributed by atoms with van der Waals surface area (Å²) in [4.78, 5) is 28.6. The smallest absolute Gasteiger partial charge is 0.322 e. The van der Waals surface area contributed by atoms with Gasteiger partial charge in [0, 0.05) is 13.1 Å². The Balaban J connectivity index is 1.56. The molecule has 25 heavy (non-hydrogen) atoms. The maximum absolute atomic E-state index is 12.6. The Labute approximate surface area is 151 Å². The molecule has 5 nitrogen and oxygen atoms in total. The number of hydrogen-bond donors (Lipinski definition) is 1. The quantitative estimate of drug-likeness (QED) is 0.853. The standard InChI is InChI=1S/C19H18ClN3O2/c20-15-7-3-4-8-16(15)21-19(25)22-11-17-14-6-2-1-5-13(14)9-10-23(17)18(24)12-22/h1-8,17H,9-12H2,(H,21,25). The zero-order valence-electron chi connectivity index (χ0n) is 13.6. The Kier molecular flexibility index (Phi) is 4.09. The molecule has 1 N–H and O–H groups in total. The second-order valence-corrected chi connectivity index (χ2v) is 6.75. The van der Waals surface area contributed by atoms with Crippen LogP contribution in [0.1, 0.15) is 17.2 Å². The van der Waals surface area contributed by atoms with Gasteiger partial charge in [-0.2, -0.15) is 0 Å². The lowest BCUT2D eigenvalue weighted by Crippen LogP contribution is -2.56. The number of para-hydroxylation sites is 1. The number of anilines is 1. The van der Waals surface area contributed by atoms with Crippen LogP contribution in [0, 0.1) is 0 Å². The van der Waals surface area contributed by atoms with Crippen LogP contribution < -0.4 is 5.32 Å². The number of urea groups is 1. The average Bonchev–Trinajstić information content (AvgIpc) is 2.63. The Morgan fingerprint density at radius 3 is 2.72 bits per heavy atom. The molecule has 2 heterocycles. The van der Waals surface area contributed by atoms with E-state index in [1.165, 1.54) is 5.56 Å². The van der Waals surface area contributed by atoms with E-state index in [2.05, 4.69) is 17.4 Å². The van der Waals surface area contributed by atoms with Gasteiger partial charge in [-0.15, -0.1) is 0 Å². The normalized spacial score (nSPS) is 19.2. The lowest BCUT2D eigenvalue weighted by atomic mass is 9.91. The molecule has 6 heteroatoms. The summed E-state index contributed by atoms with van der Waals surface area (Å²) < 4.78 is 0. The number of piperazine rings is 1. The first-order valence-electron chi connectivity index (χ1n) is 8.31. The number of hydrogen-bond acceptors (Lipinski definition) is 2. The fourth-order valence-corrected chi connectivity index (χ4v) is 3.77. The highest BCUT2D eigenvalue weighted by atomic mass is 35.5. The highest BCUT2D eigenvalue weighted by Gasteiger charge is 2.38. The summed E-state index contributed by atoms with van der Waals surface area (Å²) in [6, 6.07) is 14.8. The minimum absolute atomic E-state index is 0.0138. The molecule has 3 amide bonds. The highest BCUT2D eigenvalue weighted by molar-refractivity contribution is 6.33. The van der Waals surface area contributed by atoms with Gasteiger partial charge in [0.25, 0.3) is 0 Å². The largest absolute Gasteiger partial charge is 0.332 e. The number of carbonyl (C=O) groups is 2. The minimum atomic E-state index is -0.302. The third-order valence-corrected chi connectivity index (χ3v) is 5.18. The van der Waals surface area contributed by atoms with E-state index in [9.17, 15) is 9.59 Å². The Bertz CT molecular complexity index is 839. The molecule has 4 rings (SSSR count). The van der Waals surface area contributed by atoms with E-state index in [4.69, 9.17) is 11.6 Å². The van der Waals surface area contributed by atoms with E-state index in [0.717, 1.165) is 12.0 Å². The van der Waals surface area contributed by atoms with Gasteiger partial charge >= 0.3 is 6.03 Å². The van der Waals surface area contributed by atoms with Crippen molar-refractivity contribution in [3.05, 3.63) is 64.7 Å². The van der Waals surface area contributed by atoms with Crippen molar-refractivity contribution in [2.75, 3.05) is 25.0 Å². The second kappa shape index (κ2) is 6.41. The molecule has 0 aromatic heterocycles. The van der Waals surface area contributed by atoms with Gasteiger partial charge in [-0.25, -0.2) is 4.79 Å². The zero-order valence-corrected chi connectivity index (χ0v) is 14.4. The third kappa shape index (κ3) is 2.96. The van der Waals surface area contributed by atoms with Crippen LogP contribution >= 0.6 is 11.6 Å². The lowest BCUT2D eigenvalue weighted by Gasteiger charge is -2.44.